The van der Waals surface area contributed by atoms with Gasteiger partial charge in [0.05, 0.1) is 18.2 Å². The fourth-order valence-corrected chi connectivity index (χ4v) is 3.91. The molecule has 0 spiro atoms. The minimum Gasteiger partial charge on any atom is -0.479 e. The smallest absolute Gasteiger partial charge is 0.367 e. The first-order chi connectivity index (χ1) is 14.3. The lowest BCUT2D eigenvalue weighted by atomic mass is 10.3. The first-order valence-electron chi connectivity index (χ1n) is 9.06. The Bertz CT molecular complexity index is 885. The summed E-state index contributed by atoms with van der Waals surface area (Å²) in [6, 6.07) is 7.98. The second kappa shape index (κ2) is 11.5. The van der Waals surface area contributed by atoms with Crippen LogP contribution in [0.4, 0.5) is 0 Å². The van der Waals surface area contributed by atoms with Gasteiger partial charge in [-0.05, 0) is 51.1 Å². The van der Waals surface area contributed by atoms with Gasteiger partial charge >= 0.3 is 13.6 Å². The van der Waals surface area contributed by atoms with E-state index in [0.717, 1.165) is 0 Å². The number of hydrogen-bond donors (Lipinski definition) is 0. The van der Waals surface area contributed by atoms with E-state index in [9.17, 15) is 9.36 Å². The third-order valence-electron chi connectivity index (χ3n) is 3.47. The number of hydrogen-bond acceptors (Lipinski definition) is 8. The average Bonchev–Trinajstić information content (AvgIpc) is 2.70. The van der Waals surface area contributed by atoms with Gasteiger partial charge in [-0.25, -0.2) is 9.78 Å². The Morgan fingerprint density at radius 2 is 1.70 bits per heavy atom. The lowest BCUT2D eigenvalue weighted by molar-refractivity contribution is -0.149. The standard InChI is InChI=1S/C19H22Cl2NO7P/c1-4-26-30(24,27-5-2)12-25-19(23)13(3)28-15-6-8-16(9-7-15)29-18-17(21)10-14(20)11-22-18/h6-11,13H,4-5,12H2,1-3H3/t13-/m1/s1. The number of esters is 1. The van der Waals surface area contributed by atoms with Gasteiger partial charge in [0.1, 0.15) is 16.5 Å². The Morgan fingerprint density at radius 1 is 1.10 bits per heavy atom. The molecule has 1 aromatic heterocycles. The topological polar surface area (TPSA) is 93.2 Å². The van der Waals surface area contributed by atoms with Crippen molar-refractivity contribution in [1.82, 2.24) is 4.98 Å². The SMILES string of the molecule is CCOP(=O)(COC(=O)[C@@H](C)Oc1ccc(Oc2ncc(Cl)cc2Cl)cc1)OCC. The van der Waals surface area contributed by atoms with Gasteiger partial charge in [-0.15, -0.1) is 0 Å². The average molecular weight is 478 g/mol. The van der Waals surface area contributed by atoms with Crippen LogP contribution in [0.2, 0.25) is 10.0 Å². The van der Waals surface area contributed by atoms with Crippen molar-refractivity contribution in [2.45, 2.75) is 26.9 Å². The molecule has 0 aliphatic rings. The van der Waals surface area contributed by atoms with Crippen LogP contribution in [-0.2, 0) is 23.1 Å². The summed E-state index contributed by atoms with van der Waals surface area (Å²) < 4.78 is 38.6. The maximum Gasteiger partial charge on any atom is 0.367 e. The molecule has 1 aromatic carbocycles. The van der Waals surface area contributed by atoms with Crippen LogP contribution in [0.5, 0.6) is 17.4 Å². The van der Waals surface area contributed by atoms with E-state index in [1.165, 1.54) is 19.2 Å². The highest BCUT2D eigenvalue weighted by atomic mass is 35.5. The van der Waals surface area contributed by atoms with Gasteiger partial charge in [0.2, 0.25) is 5.88 Å². The monoisotopic (exact) mass is 477 g/mol. The molecular formula is C19H22Cl2NO7P. The molecule has 0 unspecified atom stereocenters. The van der Waals surface area contributed by atoms with Gasteiger partial charge in [0.15, 0.2) is 12.5 Å². The Labute approximate surface area is 184 Å². The lowest BCUT2D eigenvalue weighted by Gasteiger charge is -2.18. The van der Waals surface area contributed by atoms with Gasteiger partial charge in [0.25, 0.3) is 0 Å². The lowest BCUT2D eigenvalue weighted by Crippen LogP contribution is -2.26. The molecule has 2 aromatic rings. The summed E-state index contributed by atoms with van der Waals surface area (Å²) in [5, 5.41) is 0.673. The molecule has 164 valence electrons. The molecule has 0 saturated heterocycles. The van der Waals surface area contributed by atoms with Crippen molar-refractivity contribution >= 4 is 36.8 Å². The van der Waals surface area contributed by atoms with Crippen LogP contribution >= 0.6 is 30.8 Å². The van der Waals surface area contributed by atoms with Crippen molar-refractivity contribution in [1.29, 1.82) is 0 Å². The summed E-state index contributed by atoms with van der Waals surface area (Å²) in [7, 11) is -3.48. The van der Waals surface area contributed by atoms with Crippen LogP contribution in [0.25, 0.3) is 0 Å². The number of pyridine rings is 1. The first kappa shape index (κ1) is 24.4. The number of benzene rings is 1. The molecule has 8 nitrogen and oxygen atoms in total. The van der Waals surface area contributed by atoms with E-state index in [1.807, 2.05) is 0 Å². The van der Waals surface area contributed by atoms with E-state index in [4.69, 9.17) is 46.5 Å². The van der Waals surface area contributed by atoms with Crippen molar-refractivity contribution in [2.75, 3.05) is 19.6 Å². The minimum absolute atomic E-state index is 0.173. The number of carbonyl (C=O) groups excluding carboxylic acids is 1. The highest BCUT2D eigenvalue weighted by Crippen LogP contribution is 2.47. The van der Waals surface area contributed by atoms with E-state index in [2.05, 4.69) is 4.98 Å². The molecule has 30 heavy (non-hydrogen) atoms. The summed E-state index contributed by atoms with van der Waals surface area (Å²) in [4.78, 5) is 16.1. The van der Waals surface area contributed by atoms with Crippen molar-refractivity contribution in [3.05, 3.63) is 46.6 Å². The van der Waals surface area contributed by atoms with Crippen LogP contribution in [0.1, 0.15) is 20.8 Å². The van der Waals surface area contributed by atoms with Gasteiger partial charge < -0.3 is 23.3 Å². The summed E-state index contributed by atoms with van der Waals surface area (Å²) >= 11 is 11.8. The maximum atomic E-state index is 12.3. The Morgan fingerprint density at radius 3 is 2.27 bits per heavy atom. The Balaban J connectivity index is 1.91. The van der Waals surface area contributed by atoms with Crippen LogP contribution in [0.15, 0.2) is 36.5 Å². The second-order valence-electron chi connectivity index (χ2n) is 5.81. The molecule has 0 saturated carbocycles. The molecule has 0 aliphatic carbocycles. The van der Waals surface area contributed by atoms with Crippen molar-refractivity contribution in [3.63, 3.8) is 0 Å². The van der Waals surface area contributed by atoms with E-state index >= 15 is 0 Å². The number of aromatic nitrogens is 1. The molecule has 1 atom stereocenters. The normalized spacial score (nSPS) is 12.3. The molecule has 2 rings (SSSR count). The van der Waals surface area contributed by atoms with Crippen LogP contribution in [0, 0.1) is 0 Å². The predicted octanol–water partition coefficient (Wildman–Crippen LogP) is 5.71. The molecule has 0 bridgehead atoms. The number of carbonyl (C=O) groups is 1. The van der Waals surface area contributed by atoms with E-state index in [-0.39, 0.29) is 24.1 Å². The maximum absolute atomic E-state index is 12.3. The zero-order chi connectivity index (χ0) is 22.1. The van der Waals surface area contributed by atoms with Gasteiger partial charge in [-0.3, -0.25) is 4.57 Å². The third-order valence-corrected chi connectivity index (χ3v) is 5.70. The largest absolute Gasteiger partial charge is 0.479 e. The summed E-state index contributed by atoms with van der Waals surface area (Å²) in [6.07, 6.45) is -0.00680. The minimum atomic E-state index is -3.48. The summed E-state index contributed by atoms with van der Waals surface area (Å²) in [5.41, 5.74) is 0. The van der Waals surface area contributed by atoms with E-state index in [1.54, 1.807) is 38.1 Å². The number of halogens is 2. The molecule has 1 heterocycles. The van der Waals surface area contributed by atoms with Crippen LogP contribution < -0.4 is 9.47 Å². The van der Waals surface area contributed by atoms with Gasteiger partial charge in [0, 0.05) is 6.20 Å². The summed E-state index contributed by atoms with van der Waals surface area (Å²) in [5.74, 6) is 0.371. The van der Waals surface area contributed by atoms with Crippen LogP contribution in [0.3, 0.4) is 0 Å². The Kier molecular flexibility index (Phi) is 9.39. The highest BCUT2D eigenvalue weighted by Gasteiger charge is 2.28. The molecular weight excluding hydrogens is 456 g/mol. The highest BCUT2D eigenvalue weighted by molar-refractivity contribution is 7.53. The fraction of sp³-hybridized carbons (Fsp3) is 0.368. The predicted molar refractivity (Wildman–Crippen MR) is 113 cm³/mol. The van der Waals surface area contributed by atoms with Gasteiger partial charge in [-0.2, -0.15) is 0 Å². The third kappa shape index (κ3) is 7.45. The van der Waals surface area contributed by atoms with Crippen molar-refractivity contribution in [2.24, 2.45) is 0 Å². The quantitative estimate of drug-likeness (QED) is 0.299. The number of rotatable bonds is 11. The second-order valence-corrected chi connectivity index (χ2v) is 8.65. The fourth-order valence-electron chi connectivity index (χ4n) is 2.19. The molecule has 0 radical (unpaired) electrons. The number of nitrogens with zero attached hydrogens (tertiary/aromatic N) is 1. The molecule has 11 heteroatoms. The zero-order valence-electron chi connectivity index (χ0n) is 16.7. The zero-order valence-corrected chi connectivity index (χ0v) is 19.1. The molecule has 0 aliphatic heterocycles. The number of ether oxygens (including phenoxy) is 3. The molecule has 0 N–H and O–H groups in total. The van der Waals surface area contributed by atoms with Crippen molar-refractivity contribution < 1.29 is 32.6 Å². The van der Waals surface area contributed by atoms with Crippen LogP contribution in [-0.4, -0.2) is 36.6 Å². The van der Waals surface area contributed by atoms with Crippen molar-refractivity contribution in [3.8, 4) is 17.4 Å². The summed E-state index contributed by atoms with van der Waals surface area (Å²) in [6.45, 7) is 5.20. The van der Waals surface area contributed by atoms with Gasteiger partial charge in [-0.1, -0.05) is 23.2 Å². The van der Waals surface area contributed by atoms with E-state index in [0.29, 0.717) is 16.5 Å². The first-order valence-corrected chi connectivity index (χ1v) is 11.5. The van der Waals surface area contributed by atoms with E-state index < -0.39 is 26.0 Å². The molecule has 0 fully saturated rings. The molecule has 0 amide bonds. The Hall–Kier alpha value is -1.83.